The van der Waals surface area contributed by atoms with Crippen molar-refractivity contribution in [1.29, 1.82) is 0 Å². The fourth-order valence-corrected chi connectivity index (χ4v) is 5.79. The van der Waals surface area contributed by atoms with Crippen LogP contribution < -0.4 is 10.6 Å². The van der Waals surface area contributed by atoms with E-state index in [2.05, 4.69) is 20.6 Å². The van der Waals surface area contributed by atoms with Crippen LogP contribution in [0.3, 0.4) is 0 Å². The zero-order valence-electron chi connectivity index (χ0n) is 19.4. The Morgan fingerprint density at radius 1 is 0.944 bits per heavy atom. The Hall–Kier alpha value is -3.67. The first-order valence-electron chi connectivity index (χ1n) is 10.7. The van der Waals surface area contributed by atoms with Gasteiger partial charge in [-0.15, -0.1) is 22.7 Å². The number of carbonyl (C=O) groups excluding carboxylic acids is 2. The zero-order valence-corrected chi connectivity index (χ0v) is 21.8. The molecule has 0 atom stereocenters. The van der Waals surface area contributed by atoms with E-state index in [1.807, 2.05) is 17.5 Å². The summed E-state index contributed by atoms with van der Waals surface area (Å²) in [4.78, 5) is 35.3. The van der Waals surface area contributed by atoms with Gasteiger partial charge in [-0.2, -0.15) is 0 Å². The second-order valence-electron chi connectivity index (χ2n) is 7.81. The first kappa shape index (κ1) is 25.4. The van der Waals surface area contributed by atoms with Gasteiger partial charge in [0.15, 0.2) is 9.84 Å². The predicted molar refractivity (Wildman–Crippen MR) is 142 cm³/mol. The molecule has 0 aliphatic heterocycles. The van der Waals surface area contributed by atoms with Gasteiger partial charge < -0.3 is 10.6 Å². The minimum absolute atomic E-state index is 0.0690. The van der Waals surface area contributed by atoms with Crippen molar-refractivity contribution in [3.8, 4) is 0 Å². The Morgan fingerprint density at radius 2 is 1.61 bits per heavy atom. The number of hydrogen-bond donors (Lipinski definition) is 2. The quantitative estimate of drug-likeness (QED) is 0.317. The van der Waals surface area contributed by atoms with Crippen molar-refractivity contribution in [1.82, 2.24) is 15.3 Å². The number of hydrogen-bond acceptors (Lipinski definition) is 8. The minimum Gasteiger partial charge on any atom is -0.321 e. The Bertz CT molecular complexity index is 1490. The molecule has 4 aromatic rings. The molecular weight excluding hydrogens is 517 g/mol. The highest BCUT2D eigenvalue weighted by Crippen LogP contribution is 2.20. The summed E-state index contributed by atoms with van der Waals surface area (Å²) in [5.41, 5.74) is 1.84. The Labute approximate surface area is 216 Å². The van der Waals surface area contributed by atoms with Crippen LogP contribution in [0, 0.1) is 13.8 Å². The lowest BCUT2D eigenvalue weighted by Gasteiger charge is -2.11. The van der Waals surface area contributed by atoms with E-state index < -0.39 is 21.7 Å². The number of sulfone groups is 1. The molecule has 2 N–H and O–H groups in total. The molecule has 0 aliphatic rings. The van der Waals surface area contributed by atoms with E-state index in [1.165, 1.54) is 46.9 Å². The molecule has 184 valence electrons. The van der Waals surface area contributed by atoms with Crippen molar-refractivity contribution < 1.29 is 18.0 Å². The van der Waals surface area contributed by atoms with Gasteiger partial charge in [-0.25, -0.2) is 18.4 Å². The maximum absolute atomic E-state index is 13.0. The summed E-state index contributed by atoms with van der Waals surface area (Å²) >= 11 is 2.69. The smallest absolute Gasteiger partial charge is 0.272 e. The van der Waals surface area contributed by atoms with E-state index in [9.17, 15) is 18.0 Å². The molecule has 2 amide bonds. The number of aromatic nitrogens is 2. The molecule has 11 heteroatoms. The third-order valence-electron chi connectivity index (χ3n) is 4.89. The molecule has 36 heavy (non-hydrogen) atoms. The number of benzene rings is 1. The third kappa shape index (κ3) is 6.51. The summed E-state index contributed by atoms with van der Waals surface area (Å²) in [5, 5.41) is 9.03. The second kappa shape index (κ2) is 10.9. The summed E-state index contributed by atoms with van der Waals surface area (Å²) in [6.07, 6.45) is 1.59. The van der Waals surface area contributed by atoms with Crippen LogP contribution in [-0.2, 0) is 20.4 Å². The number of rotatable bonds is 8. The van der Waals surface area contributed by atoms with Crippen LogP contribution >= 0.6 is 22.7 Å². The van der Waals surface area contributed by atoms with Gasteiger partial charge in [-0.05, 0) is 73.1 Å². The SMILES string of the molecule is Cc1cc(C)nc(CS(=O)(=O)c2ccc(NC(=O)/C(=C\c3cccs3)NC(=O)c3cccs3)cc2)n1. The summed E-state index contributed by atoms with van der Waals surface area (Å²) in [6, 6.07) is 14.7. The maximum atomic E-state index is 13.0. The van der Waals surface area contributed by atoms with Crippen LogP contribution in [0.4, 0.5) is 5.69 Å². The van der Waals surface area contributed by atoms with Crippen molar-refractivity contribution in [3.63, 3.8) is 0 Å². The molecule has 3 heterocycles. The van der Waals surface area contributed by atoms with Gasteiger partial charge in [-0.1, -0.05) is 12.1 Å². The largest absolute Gasteiger partial charge is 0.321 e. The molecule has 0 saturated heterocycles. The Morgan fingerprint density at radius 3 is 2.22 bits per heavy atom. The number of carbonyl (C=O) groups is 2. The van der Waals surface area contributed by atoms with Crippen LogP contribution in [0.25, 0.3) is 6.08 Å². The van der Waals surface area contributed by atoms with E-state index in [4.69, 9.17) is 0 Å². The highest BCUT2D eigenvalue weighted by molar-refractivity contribution is 7.90. The lowest BCUT2D eigenvalue weighted by atomic mass is 10.2. The number of anilines is 1. The van der Waals surface area contributed by atoms with Crippen LogP contribution in [-0.4, -0.2) is 30.2 Å². The maximum Gasteiger partial charge on any atom is 0.272 e. The number of aryl methyl sites for hydroxylation is 2. The molecule has 8 nitrogen and oxygen atoms in total. The van der Waals surface area contributed by atoms with Crippen molar-refractivity contribution in [2.45, 2.75) is 24.5 Å². The van der Waals surface area contributed by atoms with Gasteiger partial charge in [-0.3, -0.25) is 9.59 Å². The standard InChI is InChI=1S/C25H22N4O4S3/c1-16-13-17(2)27-23(26-16)15-36(32,33)20-9-7-18(8-10-20)28-24(30)21(14-19-5-3-11-34-19)29-25(31)22-6-4-12-35-22/h3-14H,15H2,1-2H3,(H,28,30)(H,29,31)/b21-14+. The number of nitrogens with one attached hydrogen (secondary N) is 2. The lowest BCUT2D eigenvalue weighted by Crippen LogP contribution is -2.30. The molecule has 4 rings (SSSR count). The van der Waals surface area contributed by atoms with Crippen LogP contribution in [0.2, 0.25) is 0 Å². The molecule has 0 fully saturated rings. The van der Waals surface area contributed by atoms with Crippen LogP contribution in [0.15, 0.2) is 75.9 Å². The van der Waals surface area contributed by atoms with Crippen molar-refractivity contribution in [2.24, 2.45) is 0 Å². The highest BCUT2D eigenvalue weighted by Gasteiger charge is 2.19. The van der Waals surface area contributed by atoms with Crippen LogP contribution in [0.5, 0.6) is 0 Å². The Kier molecular flexibility index (Phi) is 7.73. The van der Waals surface area contributed by atoms with Crippen molar-refractivity contribution in [2.75, 3.05) is 5.32 Å². The lowest BCUT2D eigenvalue weighted by molar-refractivity contribution is -0.113. The third-order valence-corrected chi connectivity index (χ3v) is 8.20. The summed E-state index contributed by atoms with van der Waals surface area (Å²) < 4.78 is 25.7. The Balaban J connectivity index is 1.50. The summed E-state index contributed by atoms with van der Waals surface area (Å²) in [6.45, 7) is 3.57. The fourth-order valence-electron chi connectivity index (χ4n) is 3.33. The van der Waals surface area contributed by atoms with Crippen LogP contribution in [0.1, 0.15) is 31.8 Å². The van der Waals surface area contributed by atoms with Crippen molar-refractivity contribution in [3.05, 3.63) is 98.0 Å². The van der Waals surface area contributed by atoms with E-state index in [1.54, 1.807) is 43.5 Å². The molecule has 0 unspecified atom stereocenters. The molecular formula is C25H22N4O4S3. The topological polar surface area (TPSA) is 118 Å². The first-order chi connectivity index (χ1) is 17.2. The molecule has 3 aromatic heterocycles. The molecule has 0 radical (unpaired) electrons. The monoisotopic (exact) mass is 538 g/mol. The zero-order chi connectivity index (χ0) is 25.7. The average Bonchev–Trinajstić information content (AvgIpc) is 3.52. The van der Waals surface area contributed by atoms with Crippen molar-refractivity contribution >= 4 is 56.1 Å². The van der Waals surface area contributed by atoms with E-state index in [0.717, 1.165) is 4.88 Å². The van der Waals surface area contributed by atoms with Gasteiger partial charge >= 0.3 is 0 Å². The van der Waals surface area contributed by atoms with E-state index in [0.29, 0.717) is 22.0 Å². The fraction of sp³-hybridized carbons (Fsp3) is 0.120. The van der Waals surface area contributed by atoms with E-state index >= 15 is 0 Å². The highest BCUT2D eigenvalue weighted by atomic mass is 32.2. The average molecular weight is 539 g/mol. The molecule has 0 saturated carbocycles. The van der Waals surface area contributed by atoms with Gasteiger partial charge in [0.2, 0.25) is 0 Å². The predicted octanol–water partition coefficient (Wildman–Crippen LogP) is 4.60. The normalized spacial score (nSPS) is 11.8. The minimum atomic E-state index is -3.69. The number of amides is 2. The number of nitrogens with zero attached hydrogens (tertiary/aromatic N) is 2. The summed E-state index contributed by atoms with van der Waals surface area (Å²) in [5.74, 6) is -1.02. The van der Waals surface area contributed by atoms with Gasteiger partial charge in [0.25, 0.3) is 11.8 Å². The molecule has 0 aliphatic carbocycles. The van der Waals surface area contributed by atoms with E-state index in [-0.39, 0.29) is 22.2 Å². The number of thiophene rings is 2. The van der Waals surface area contributed by atoms with Gasteiger partial charge in [0, 0.05) is 22.0 Å². The first-order valence-corrected chi connectivity index (χ1v) is 14.2. The molecule has 0 spiro atoms. The van der Waals surface area contributed by atoms with Gasteiger partial charge in [0.1, 0.15) is 17.3 Å². The van der Waals surface area contributed by atoms with Gasteiger partial charge in [0.05, 0.1) is 9.77 Å². The molecule has 0 bridgehead atoms. The second-order valence-corrected chi connectivity index (χ2v) is 11.7. The summed E-state index contributed by atoms with van der Waals surface area (Å²) in [7, 11) is -3.69. The molecule has 1 aromatic carbocycles.